The highest BCUT2D eigenvalue weighted by Gasteiger charge is 2.28. The number of nitrogens with one attached hydrogen (secondary N) is 1. The maximum atomic E-state index is 13.4. The third kappa shape index (κ3) is 3.87. The Morgan fingerprint density at radius 2 is 1.83 bits per heavy atom. The number of halogens is 1. The lowest BCUT2D eigenvalue weighted by Gasteiger charge is -2.27. The number of likely N-dealkylation sites (tertiary alicyclic amines) is 1. The summed E-state index contributed by atoms with van der Waals surface area (Å²) in [5.41, 5.74) is 2.73. The smallest absolute Gasteiger partial charge is 0.276 e. The van der Waals surface area contributed by atoms with Crippen LogP contribution in [0.4, 0.5) is 5.00 Å². The number of piperidine rings is 1. The molecular formula is C22H23ClN4O2S. The molecular weight excluding hydrogens is 420 g/mol. The van der Waals surface area contributed by atoms with Crippen molar-refractivity contribution < 1.29 is 9.59 Å². The second-order valence-corrected chi connectivity index (χ2v) is 8.83. The van der Waals surface area contributed by atoms with E-state index in [-0.39, 0.29) is 22.5 Å². The number of hydrogen-bond donors (Lipinski definition) is 1. The predicted molar refractivity (Wildman–Crippen MR) is 120 cm³/mol. The Hall–Kier alpha value is -2.64. The number of thiophene rings is 1. The molecule has 1 N–H and O–H groups in total. The summed E-state index contributed by atoms with van der Waals surface area (Å²) in [4.78, 5) is 29.2. The summed E-state index contributed by atoms with van der Waals surface area (Å²) in [6.07, 6.45) is 4.59. The van der Waals surface area contributed by atoms with E-state index in [1.165, 1.54) is 22.2 Å². The minimum absolute atomic E-state index is 0.0305. The van der Waals surface area contributed by atoms with Gasteiger partial charge < -0.3 is 10.2 Å². The molecule has 1 fully saturated rings. The Labute approximate surface area is 184 Å². The van der Waals surface area contributed by atoms with Gasteiger partial charge in [-0.15, -0.1) is 11.3 Å². The molecule has 3 heterocycles. The maximum absolute atomic E-state index is 13.4. The molecule has 0 spiro atoms. The average molecular weight is 443 g/mol. The number of rotatable bonds is 4. The first kappa shape index (κ1) is 20.6. The molecule has 0 atom stereocenters. The largest absolute Gasteiger partial charge is 0.339 e. The summed E-state index contributed by atoms with van der Waals surface area (Å²) in [6, 6.07) is 9.91. The second kappa shape index (κ2) is 8.62. The van der Waals surface area contributed by atoms with Gasteiger partial charge in [0.2, 0.25) is 0 Å². The van der Waals surface area contributed by atoms with Crippen molar-refractivity contribution in [2.75, 3.05) is 18.4 Å². The Kier molecular flexibility index (Phi) is 5.92. The number of carbonyl (C=O) groups excluding carboxylic acids is 2. The Morgan fingerprint density at radius 1 is 1.13 bits per heavy atom. The minimum atomic E-state index is -0.381. The van der Waals surface area contributed by atoms with Crippen LogP contribution in [0, 0.1) is 6.92 Å². The Bertz CT molecular complexity index is 1060. The van der Waals surface area contributed by atoms with Crippen LogP contribution in [0.5, 0.6) is 0 Å². The predicted octanol–water partition coefficient (Wildman–Crippen LogP) is 4.99. The van der Waals surface area contributed by atoms with Crippen molar-refractivity contribution in [1.29, 1.82) is 0 Å². The lowest BCUT2D eigenvalue weighted by molar-refractivity contribution is 0.0725. The van der Waals surface area contributed by atoms with Gasteiger partial charge in [-0.2, -0.15) is 5.10 Å². The Balaban J connectivity index is 1.76. The zero-order valence-corrected chi connectivity index (χ0v) is 18.5. The fourth-order valence-corrected chi connectivity index (χ4v) is 5.26. The fraction of sp³-hybridized carbons (Fsp3) is 0.318. The molecule has 4 rings (SSSR count). The molecule has 0 saturated carbocycles. The van der Waals surface area contributed by atoms with E-state index in [0.29, 0.717) is 10.6 Å². The van der Waals surface area contributed by atoms with Crippen LogP contribution in [0.3, 0.4) is 0 Å². The molecule has 0 radical (unpaired) electrons. The molecule has 156 valence electrons. The molecule has 1 aromatic carbocycles. The number of aromatic nitrogens is 2. The van der Waals surface area contributed by atoms with E-state index in [1.807, 2.05) is 42.2 Å². The fourth-order valence-electron chi connectivity index (χ4n) is 3.81. The van der Waals surface area contributed by atoms with Crippen molar-refractivity contribution in [3.8, 4) is 10.4 Å². The van der Waals surface area contributed by atoms with Crippen molar-refractivity contribution in [3.63, 3.8) is 0 Å². The molecule has 2 aromatic heterocycles. The molecule has 0 unspecified atom stereocenters. The Morgan fingerprint density at radius 3 is 2.47 bits per heavy atom. The van der Waals surface area contributed by atoms with Crippen LogP contribution in [-0.2, 0) is 7.05 Å². The van der Waals surface area contributed by atoms with E-state index in [4.69, 9.17) is 11.6 Å². The van der Waals surface area contributed by atoms with Gasteiger partial charge in [-0.25, -0.2) is 0 Å². The van der Waals surface area contributed by atoms with Crippen molar-refractivity contribution in [2.45, 2.75) is 26.2 Å². The van der Waals surface area contributed by atoms with Gasteiger partial charge in [0, 0.05) is 25.0 Å². The van der Waals surface area contributed by atoms with E-state index < -0.39 is 0 Å². The van der Waals surface area contributed by atoms with Crippen molar-refractivity contribution >= 4 is 39.8 Å². The standard InChI is InChI=1S/C22H23ClN4O2S/c1-14-17(22(29)27-11-7-4-8-12-27)21(30-19(14)15-9-5-3-6-10-15)25-20(28)18-16(23)13-24-26(18)2/h3,5-6,9-10,13H,4,7-8,11-12H2,1-2H3,(H,25,28). The highest BCUT2D eigenvalue weighted by atomic mass is 35.5. The van der Waals surface area contributed by atoms with E-state index >= 15 is 0 Å². The summed E-state index contributed by atoms with van der Waals surface area (Å²) in [7, 11) is 1.66. The second-order valence-electron chi connectivity index (χ2n) is 7.40. The zero-order valence-electron chi connectivity index (χ0n) is 16.9. The van der Waals surface area contributed by atoms with Crippen molar-refractivity contribution in [2.24, 2.45) is 7.05 Å². The molecule has 30 heavy (non-hydrogen) atoms. The molecule has 6 nitrogen and oxygen atoms in total. The number of aryl methyl sites for hydroxylation is 1. The number of benzene rings is 1. The minimum Gasteiger partial charge on any atom is -0.339 e. The van der Waals surface area contributed by atoms with Crippen LogP contribution in [0.15, 0.2) is 36.5 Å². The number of carbonyl (C=O) groups is 2. The molecule has 1 aliphatic rings. The summed E-state index contributed by atoms with van der Waals surface area (Å²) in [5.74, 6) is -0.411. The normalized spacial score (nSPS) is 14.0. The van der Waals surface area contributed by atoms with Crippen LogP contribution in [0.25, 0.3) is 10.4 Å². The van der Waals surface area contributed by atoms with E-state index in [0.717, 1.165) is 48.4 Å². The third-order valence-corrected chi connectivity index (χ3v) is 6.91. The summed E-state index contributed by atoms with van der Waals surface area (Å²) in [6.45, 7) is 3.44. The highest BCUT2D eigenvalue weighted by Crippen LogP contribution is 2.41. The van der Waals surface area contributed by atoms with E-state index in [2.05, 4.69) is 10.4 Å². The number of hydrogen-bond acceptors (Lipinski definition) is 4. The molecule has 3 aromatic rings. The van der Waals surface area contributed by atoms with Crippen LogP contribution < -0.4 is 5.32 Å². The van der Waals surface area contributed by atoms with Crippen LogP contribution in [0.2, 0.25) is 5.02 Å². The molecule has 1 saturated heterocycles. The lowest BCUT2D eigenvalue weighted by atomic mass is 10.0. The molecule has 1 aliphatic heterocycles. The van der Waals surface area contributed by atoms with Gasteiger partial charge in [-0.05, 0) is 37.3 Å². The van der Waals surface area contributed by atoms with Gasteiger partial charge in [0.25, 0.3) is 11.8 Å². The van der Waals surface area contributed by atoms with Crippen LogP contribution in [0.1, 0.15) is 45.7 Å². The van der Waals surface area contributed by atoms with Gasteiger partial charge in [0.05, 0.1) is 16.8 Å². The lowest BCUT2D eigenvalue weighted by Crippen LogP contribution is -2.36. The number of anilines is 1. The SMILES string of the molecule is Cc1c(-c2ccccc2)sc(NC(=O)c2c(Cl)cnn2C)c1C(=O)N1CCCCC1. The molecule has 0 bridgehead atoms. The molecule has 0 aliphatic carbocycles. The van der Waals surface area contributed by atoms with Gasteiger partial charge in [0.1, 0.15) is 10.7 Å². The number of amides is 2. The van der Waals surface area contributed by atoms with E-state index in [1.54, 1.807) is 7.05 Å². The first-order valence-corrected chi connectivity index (χ1v) is 11.1. The monoisotopic (exact) mass is 442 g/mol. The van der Waals surface area contributed by atoms with Gasteiger partial charge >= 0.3 is 0 Å². The first-order valence-electron chi connectivity index (χ1n) is 9.94. The topological polar surface area (TPSA) is 67.2 Å². The molecule has 8 heteroatoms. The maximum Gasteiger partial charge on any atom is 0.276 e. The first-order chi connectivity index (χ1) is 14.5. The summed E-state index contributed by atoms with van der Waals surface area (Å²) >= 11 is 7.56. The summed E-state index contributed by atoms with van der Waals surface area (Å²) < 4.78 is 1.43. The van der Waals surface area contributed by atoms with Crippen LogP contribution >= 0.6 is 22.9 Å². The quantitative estimate of drug-likeness (QED) is 0.619. The van der Waals surface area contributed by atoms with Gasteiger partial charge in [-0.3, -0.25) is 14.3 Å². The third-order valence-electron chi connectivity index (χ3n) is 5.38. The zero-order chi connectivity index (χ0) is 21.3. The van der Waals surface area contributed by atoms with Gasteiger partial charge in [0.15, 0.2) is 0 Å². The van der Waals surface area contributed by atoms with Crippen LogP contribution in [-0.4, -0.2) is 39.6 Å². The summed E-state index contributed by atoms with van der Waals surface area (Å²) in [5, 5.41) is 7.78. The van der Waals surface area contributed by atoms with E-state index in [9.17, 15) is 9.59 Å². The van der Waals surface area contributed by atoms with Gasteiger partial charge in [-0.1, -0.05) is 41.9 Å². The average Bonchev–Trinajstić information content (AvgIpc) is 3.27. The van der Waals surface area contributed by atoms with Crippen molar-refractivity contribution in [3.05, 3.63) is 58.4 Å². The van der Waals surface area contributed by atoms with Crippen molar-refractivity contribution in [1.82, 2.24) is 14.7 Å². The molecule has 2 amide bonds. The highest BCUT2D eigenvalue weighted by molar-refractivity contribution is 7.20. The number of nitrogens with zero attached hydrogens (tertiary/aromatic N) is 3.